The predicted octanol–water partition coefficient (Wildman–Crippen LogP) is 5.62. The molecule has 2 aliphatic rings. The van der Waals surface area contributed by atoms with Gasteiger partial charge in [-0.05, 0) is 57.6 Å². The lowest BCUT2D eigenvalue weighted by Crippen LogP contribution is -2.49. The normalized spacial score (nSPS) is 26.1. The third kappa shape index (κ3) is 4.62. The average molecular weight is 599 g/mol. The van der Waals surface area contributed by atoms with E-state index in [2.05, 4.69) is 37.0 Å². The lowest BCUT2D eigenvalue weighted by Gasteiger charge is -2.40. The number of alkyl halides is 2. The highest BCUT2D eigenvalue weighted by molar-refractivity contribution is 7.92. The van der Waals surface area contributed by atoms with E-state index in [9.17, 15) is 8.42 Å². The molecule has 2 aromatic carbocycles. The van der Waals surface area contributed by atoms with Crippen molar-refractivity contribution >= 4 is 56.3 Å². The van der Waals surface area contributed by atoms with Crippen LogP contribution in [0.2, 0.25) is 5.02 Å². The molecule has 2 N–H and O–H groups in total. The number of anilines is 2. The maximum Gasteiger partial charge on any atom is 0.266 e. The lowest BCUT2D eigenvalue weighted by molar-refractivity contribution is 0.191. The smallest absolute Gasteiger partial charge is 0.266 e. The van der Waals surface area contributed by atoms with E-state index < -0.39 is 30.5 Å². The molecular weight excluding hydrogens is 572 g/mol. The van der Waals surface area contributed by atoms with E-state index in [0.717, 1.165) is 23.3 Å². The molecule has 0 bridgehead atoms. The van der Waals surface area contributed by atoms with Crippen molar-refractivity contribution in [3.8, 4) is 0 Å². The third-order valence-corrected chi connectivity index (χ3v) is 10.6. The van der Waals surface area contributed by atoms with Crippen LogP contribution in [0.3, 0.4) is 0 Å². The highest BCUT2D eigenvalue weighted by atomic mass is 35.5. The number of aromatic nitrogens is 2. The molecule has 2 aliphatic carbocycles. The van der Waals surface area contributed by atoms with Gasteiger partial charge in [-0.25, -0.2) is 22.8 Å². The molecule has 38 heavy (non-hydrogen) atoms. The van der Waals surface area contributed by atoms with Crippen LogP contribution < -0.4 is 10.0 Å². The molecule has 1 heterocycles. The Balaban J connectivity index is 1.42. The van der Waals surface area contributed by atoms with Gasteiger partial charge in [0, 0.05) is 29.6 Å². The first-order chi connectivity index (χ1) is 17.9. The van der Waals surface area contributed by atoms with E-state index in [0.29, 0.717) is 18.5 Å². The average Bonchev–Trinajstić information content (AvgIpc) is 3.35. The second kappa shape index (κ2) is 9.78. The molecular formula is C26H27Cl3FN5O2S. The molecule has 0 aliphatic heterocycles. The van der Waals surface area contributed by atoms with Gasteiger partial charge in [-0.15, -0.1) is 23.2 Å². The first kappa shape index (κ1) is 27.4. The molecule has 3 aromatic rings. The summed E-state index contributed by atoms with van der Waals surface area (Å²) in [6.07, 6.45) is 3.87. The first-order valence-electron chi connectivity index (χ1n) is 12.0. The van der Waals surface area contributed by atoms with Crippen molar-refractivity contribution in [2.75, 3.05) is 24.1 Å². The number of hydrogen-bond donors (Lipinski definition) is 2. The number of rotatable bonds is 7. The molecule has 2 fully saturated rings. The van der Waals surface area contributed by atoms with Crippen LogP contribution in [-0.4, -0.2) is 53.8 Å². The van der Waals surface area contributed by atoms with E-state index >= 15 is 4.39 Å². The fraction of sp³-hybridized carbons (Fsp3) is 0.385. The summed E-state index contributed by atoms with van der Waals surface area (Å²) in [5, 5.41) is 3.43. The number of aryl methyl sites for hydroxylation is 1. The Kier molecular flexibility index (Phi) is 7.05. The molecule has 202 valence electrons. The molecule has 0 spiro atoms. The second-order valence-electron chi connectivity index (χ2n) is 10.2. The Hall–Kier alpha value is -2.17. The van der Waals surface area contributed by atoms with E-state index in [-0.39, 0.29) is 28.8 Å². The van der Waals surface area contributed by atoms with Gasteiger partial charge in [-0.2, -0.15) is 0 Å². The van der Waals surface area contributed by atoms with E-state index in [4.69, 9.17) is 34.8 Å². The van der Waals surface area contributed by atoms with Crippen LogP contribution in [0.5, 0.6) is 0 Å². The van der Waals surface area contributed by atoms with Gasteiger partial charge >= 0.3 is 0 Å². The fourth-order valence-corrected chi connectivity index (χ4v) is 8.22. The summed E-state index contributed by atoms with van der Waals surface area (Å²) in [6.45, 7) is 2.04. The van der Waals surface area contributed by atoms with Gasteiger partial charge in [0.2, 0.25) is 0 Å². The Morgan fingerprint density at radius 2 is 1.92 bits per heavy atom. The monoisotopic (exact) mass is 597 g/mol. The van der Waals surface area contributed by atoms with Gasteiger partial charge in [0.15, 0.2) is 0 Å². The Labute approximate surface area is 236 Å². The molecule has 4 atom stereocenters. The number of benzene rings is 2. The van der Waals surface area contributed by atoms with Crippen LogP contribution in [0.1, 0.15) is 24.0 Å². The molecule has 0 saturated heterocycles. The summed E-state index contributed by atoms with van der Waals surface area (Å²) >= 11 is 20.4. The Morgan fingerprint density at radius 3 is 2.58 bits per heavy atom. The largest absolute Gasteiger partial charge is 0.379 e. The van der Waals surface area contributed by atoms with Crippen LogP contribution in [-0.2, 0) is 15.4 Å². The van der Waals surface area contributed by atoms with Crippen molar-refractivity contribution < 1.29 is 12.8 Å². The van der Waals surface area contributed by atoms with Crippen LogP contribution in [0.25, 0.3) is 0 Å². The van der Waals surface area contributed by atoms with Crippen LogP contribution in [0, 0.1) is 18.7 Å². The Morgan fingerprint density at radius 1 is 1.16 bits per heavy atom. The topological polar surface area (TPSA) is 87.2 Å². The minimum Gasteiger partial charge on any atom is -0.379 e. The SMILES string of the molecule is Cc1cccc([C@@]23C[C@@H](N(C)C)[C@H](Nc4cc(F)c(S(=O)(=O)Nc5ccncn5)cc4Cl)C[C@@H]2C3(Cl)Cl)c1. The minimum absolute atomic E-state index is 0.00638. The van der Waals surface area contributed by atoms with Crippen LogP contribution in [0.15, 0.2) is 59.9 Å². The van der Waals surface area contributed by atoms with E-state index in [1.54, 1.807) is 0 Å². The van der Waals surface area contributed by atoms with Crippen molar-refractivity contribution in [3.05, 3.63) is 77.0 Å². The summed E-state index contributed by atoms with van der Waals surface area (Å²) < 4.78 is 42.1. The summed E-state index contributed by atoms with van der Waals surface area (Å²) in [5.74, 6) is -0.949. The predicted molar refractivity (Wildman–Crippen MR) is 149 cm³/mol. The van der Waals surface area contributed by atoms with Crippen molar-refractivity contribution in [1.29, 1.82) is 0 Å². The van der Waals surface area contributed by atoms with Crippen molar-refractivity contribution in [2.24, 2.45) is 5.92 Å². The van der Waals surface area contributed by atoms with Crippen molar-refractivity contribution in [1.82, 2.24) is 14.9 Å². The molecule has 0 radical (unpaired) electrons. The van der Waals surface area contributed by atoms with E-state index in [1.165, 1.54) is 18.6 Å². The first-order valence-corrected chi connectivity index (χ1v) is 14.6. The number of sulfonamides is 1. The molecule has 12 heteroatoms. The number of fused-ring (bicyclic) bond motifs is 1. The fourth-order valence-electron chi connectivity index (χ4n) is 5.76. The number of nitrogens with one attached hydrogen (secondary N) is 2. The Bertz CT molecular complexity index is 1470. The van der Waals surface area contributed by atoms with Gasteiger partial charge in [0.05, 0.1) is 10.7 Å². The molecule has 5 rings (SSSR count). The molecule has 7 nitrogen and oxygen atoms in total. The second-order valence-corrected chi connectivity index (χ2v) is 13.6. The minimum atomic E-state index is -4.27. The highest BCUT2D eigenvalue weighted by Crippen LogP contribution is 2.75. The quantitative estimate of drug-likeness (QED) is 0.343. The molecule has 0 unspecified atom stereocenters. The van der Waals surface area contributed by atoms with Gasteiger partial charge in [-0.1, -0.05) is 41.4 Å². The van der Waals surface area contributed by atoms with Gasteiger partial charge in [0.25, 0.3) is 10.0 Å². The number of likely N-dealkylation sites (N-methyl/N-ethyl adjacent to an activating group) is 1. The zero-order valence-corrected chi connectivity index (χ0v) is 24.0. The molecule has 0 amide bonds. The van der Waals surface area contributed by atoms with Crippen molar-refractivity contribution in [3.63, 3.8) is 0 Å². The van der Waals surface area contributed by atoms with E-state index in [1.807, 2.05) is 33.2 Å². The summed E-state index contributed by atoms with van der Waals surface area (Å²) in [7, 11) is -0.313. The van der Waals surface area contributed by atoms with Gasteiger partial charge in [0.1, 0.15) is 27.2 Å². The van der Waals surface area contributed by atoms with Gasteiger partial charge in [-0.3, -0.25) is 4.72 Å². The number of halogens is 4. The summed E-state index contributed by atoms with van der Waals surface area (Å²) in [5.41, 5.74) is 2.16. The van der Waals surface area contributed by atoms with Crippen LogP contribution in [0.4, 0.5) is 15.9 Å². The van der Waals surface area contributed by atoms with Crippen LogP contribution >= 0.6 is 34.8 Å². The maximum atomic E-state index is 15.2. The zero-order valence-electron chi connectivity index (χ0n) is 20.9. The number of nitrogens with zero attached hydrogens (tertiary/aromatic N) is 3. The number of hydrogen-bond acceptors (Lipinski definition) is 6. The molecule has 2 saturated carbocycles. The molecule has 1 aromatic heterocycles. The highest BCUT2D eigenvalue weighted by Gasteiger charge is 2.78. The summed E-state index contributed by atoms with van der Waals surface area (Å²) in [4.78, 5) is 9.08. The van der Waals surface area contributed by atoms with Crippen molar-refractivity contribution in [2.45, 2.75) is 46.5 Å². The third-order valence-electron chi connectivity index (χ3n) is 7.70. The summed E-state index contributed by atoms with van der Waals surface area (Å²) in [6, 6.07) is 11.7. The maximum absolute atomic E-state index is 15.2. The lowest BCUT2D eigenvalue weighted by atomic mass is 9.77. The zero-order chi connectivity index (χ0) is 27.5. The van der Waals surface area contributed by atoms with Gasteiger partial charge < -0.3 is 10.2 Å². The standard InChI is InChI=1S/C26H27Cl3FN5O2S/c1-15-5-4-6-16(9-15)25-13-21(35(2)3)20(12-23(25)26(25,28)29)33-19-11-18(30)22(10-17(19)27)38(36,37)34-24-7-8-31-14-32-24/h4-11,14,20-21,23,33H,12-13H2,1-3H3,(H,31,32,34)/t20-,21-,23+,25+/m1/s1.